The molecule has 0 bridgehead atoms. The van der Waals surface area contributed by atoms with Crippen LogP contribution < -0.4 is 15.8 Å². The molecule has 0 aliphatic rings. The zero-order valence-corrected chi connectivity index (χ0v) is 10.8. The first kappa shape index (κ1) is 14.0. The predicted octanol–water partition coefficient (Wildman–Crippen LogP) is 2.97. The molecule has 0 saturated carbocycles. The van der Waals surface area contributed by atoms with Crippen molar-refractivity contribution in [2.45, 2.75) is 20.0 Å². The van der Waals surface area contributed by atoms with Crippen molar-refractivity contribution in [3.63, 3.8) is 0 Å². The average Bonchev–Trinajstić information content (AvgIpc) is 2.39. The molecule has 0 atom stereocenters. The molecule has 2 rings (SSSR count). The van der Waals surface area contributed by atoms with Gasteiger partial charge in [0.25, 0.3) is 0 Å². The van der Waals surface area contributed by atoms with Gasteiger partial charge in [0, 0.05) is 18.2 Å². The zero-order chi connectivity index (χ0) is 14.5. The minimum Gasteiger partial charge on any atom is -0.435 e. The summed E-state index contributed by atoms with van der Waals surface area (Å²) in [6.07, 6.45) is 0.668. The molecule has 20 heavy (non-hydrogen) atoms. The molecule has 1 heterocycles. The summed E-state index contributed by atoms with van der Waals surface area (Å²) in [5, 5.41) is 3.03. The van der Waals surface area contributed by atoms with E-state index in [9.17, 15) is 8.78 Å². The number of anilines is 3. The summed E-state index contributed by atoms with van der Waals surface area (Å²) in [4.78, 5) is 8.33. The van der Waals surface area contributed by atoms with E-state index in [0.29, 0.717) is 29.6 Å². The van der Waals surface area contributed by atoms with E-state index in [-0.39, 0.29) is 5.75 Å². The summed E-state index contributed by atoms with van der Waals surface area (Å²) in [6, 6.07) is 7.71. The third kappa shape index (κ3) is 3.78. The van der Waals surface area contributed by atoms with Crippen LogP contribution in [0.4, 0.5) is 26.1 Å². The third-order valence-electron chi connectivity index (χ3n) is 2.46. The van der Waals surface area contributed by atoms with Gasteiger partial charge < -0.3 is 15.8 Å². The fourth-order valence-electron chi connectivity index (χ4n) is 1.61. The van der Waals surface area contributed by atoms with Gasteiger partial charge in [0.2, 0.25) is 0 Å². The van der Waals surface area contributed by atoms with Gasteiger partial charge in [0.05, 0.1) is 0 Å². The number of hydrogen-bond donors (Lipinski definition) is 2. The minimum atomic E-state index is -2.83. The lowest BCUT2D eigenvalue weighted by Crippen LogP contribution is -2.03. The number of hydrogen-bond acceptors (Lipinski definition) is 5. The number of aryl methyl sites for hydroxylation is 1. The third-order valence-corrected chi connectivity index (χ3v) is 2.46. The van der Waals surface area contributed by atoms with E-state index in [4.69, 9.17) is 5.73 Å². The quantitative estimate of drug-likeness (QED) is 0.880. The summed E-state index contributed by atoms with van der Waals surface area (Å²) >= 11 is 0. The lowest BCUT2D eigenvalue weighted by Gasteiger charge is -2.09. The molecule has 0 spiro atoms. The molecule has 5 nitrogen and oxygen atoms in total. The van der Waals surface area contributed by atoms with Crippen LogP contribution in [0, 0.1) is 0 Å². The Bertz CT molecular complexity index is 575. The molecule has 0 aliphatic carbocycles. The maximum atomic E-state index is 12.0. The highest BCUT2D eigenvalue weighted by molar-refractivity contribution is 5.59. The Balaban J connectivity index is 2.11. The van der Waals surface area contributed by atoms with Gasteiger partial charge >= 0.3 is 6.61 Å². The van der Waals surface area contributed by atoms with Crippen molar-refractivity contribution in [2.75, 3.05) is 11.1 Å². The number of nitrogens with two attached hydrogens (primary N) is 1. The van der Waals surface area contributed by atoms with E-state index >= 15 is 0 Å². The fraction of sp³-hybridized carbons (Fsp3) is 0.231. The standard InChI is InChI=1S/C13H14F2N4O/c1-2-11-18-10(16)7-12(19-11)17-8-3-5-9(6-4-8)20-13(14)15/h3-7,13H,2H2,1H3,(H3,16,17,18,19). The number of alkyl halides is 2. The Kier molecular flexibility index (Phi) is 4.29. The van der Waals surface area contributed by atoms with Gasteiger partial charge in [-0.15, -0.1) is 0 Å². The Morgan fingerprint density at radius 2 is 1.95 bits per heavy atom. The molecular formula is C13H14F2N4O. The van der Waals surface area contributed by atoms with Crippen LogP contribution in [0.3, 0.4) is 0 Å². The Morgan fingerprint density at radius 3 is 2.55 bits per heavy atom. The highest BCUT2D eigenvalue weighted by atomic mass is 19.3. The van der Waals surface area contributed by atoms with Gasteiger partial charge in [-0.3, -0.25) is 0 Å². The van der Waals surface area contributed by atoms with Crippen molar-refractivity contribution < 1.29 is 13.5 Å². The molecule has 0 saturated heterocycles. The van der Waals surface area contributed by atoms with E-state index in [2.05, 4.69) is 20.0 Å². The first-order valence-corrected chi connectivity index (χ1v) is 6.02. The van der Waals surface area contributed by atoms with Crippen LogP contribution in [0.25, 0.3) is 0 Å². The van der Waals surface area contributed by atoms with E-state index in [0.717, 1.165) is 0 Å². The van der Waals surface area contributed by atoms with Crippen LogP contribution in [0.15, 0.2) is 30.3 Å². The van der Waals surface area contributed by atoms with Crippen LogP contribution in [0.2, 0.25) is 0 Å². The van der Waals surface area contributed by atoms with Gasteiger partial charge in [-0.1, -0.05) is 6.92 Å². The maximum absolute atomic E-state index is 12.0. The number of ether oxygens (including phenoxy) is 1. The number of benzene rings is 1. The monoisotopic (exact) mass is 280 g/mol. The van der Waals surface area contributed by atoms with Crippen molar-refractivity contribution in [3.05, 3.63) is 36.2 Å². The molecule has 0 aliphatic heterocycles. The molecule has 0 amide bonds. The average molecular weight is 280 g/mol. The lowest BCUT2D eigenvalue weighted by atomic mass is 10.3. The summed E-state index contributed by atoms with van der Waals surface area (Å²) in [5.74, 6) is 1.65. The minimum absolute atomic E-state index is 0.0991. The smallest absolute Gasteiger partial charge is 0.387 e. The van der Waals surface area contributed by atoms with Crippen LogP contribution in [0.5, 0.6) is 5.75 Å². The molecule has 1 aromatic carbocycles. The van der Waals surface area contributed by atoms with Crippen molar-refractivity contribution in [1.29, 1.82) is 0 Å². The van der Waals surface area contributed by atoms with Gasteiger partial charge in [-0.05, 0) is 24.3 Å². The number of halogens is 2. The number of nitrogens with one attached hydrogen (secondary N) is 1. The van der Waals surface area contributed by atoms with Gasteiger partial charge in [-0.25, -0.2) is 9.97 Å². The SMILES string of the molecule is CCc1nc(N)cc(Nc2ccc(OC(F)F)cc2)n1. The Morgan fingerprint density at radius 1 is 1.25 bits per heavy atom. The lowest BCUT2D eigenvalue weighted by molar-refractivity contribution is -0.0498. The van der Waals surface area contributed by atoms with E-state index < -0.39 is 6.61 Å². The Labute approximate surface area is 114 Å². The fourth-order valence-corrected chi connectivity index (χ4v) is 1.61. The summed E-state index contributed by atoms with van der Waals surface area (Å²) < 4.78 is 28.3. The van der Waals surface area contributed by atoms with E-state index in [1.54, 1.807) is 18.2 Å². The van der Waals surface area contributed by atoms with Crippen molar-refractivity contribution >= 4 is 17.3 Å². The molecule has 1 aromatic heterocycles. The summed E-state index contributed by atoms with van der Waals surface area (Å²) in [6.45, 7) is -0.905. The number of rotatable bonds is 5. The second-order valence-corrected chi connectivity index (χ2v) is 3.98. The predicted molar refractivity (Wildman–Crippen MR) is 72.2 cm³/mol. The van der Waals surface area contributed by atoms with Gasteiger partial charge in [0.15, 0.2) is 0 Å². The number of nitrogen functional groups attached to an aromatic ring is 1. The van der Waals surface area contributed by atoms with E-state index in [1.165, 1.54) is 12.1 Å². The molecule has 0 unspecified atom stereocenters. The zero-order valence-electron chi connectivity index (χ0n) is 10.8. The van der Waals surface area contributed by atoms with Crippen LogP contribution in [0.1, 0.15) is 12.7 Å². The van der Waals surface area contributed by atoms with E-state index in [1.807, 2.05) is 6.92 Å². The first-order chi connectivity index (χ1) is 9.56. The van der Waals surface area contributed by atoms with Crippen LogP contribution >= 0.6 is 0 Å². The molecular weight excluding hydrogens is 266 g/mol. The number of aromatic nitrogens is 2. The molecule has 3 N–H and O–H groups in total. The second-order valence-electron chi connectivity index (χ2n) is 3.98. The Hall–Kier alpha value is -2.44. The van der Waals surface area contributed by atoms with Crippen molar-refractivity contribution in [1.82, 2.24) is 9.97 Å². The number of nitrogens with zero attached hydrogens (tertiary/aromatic N) is 2. The normalized spacial score (nSPS) is 10.6. The first-order valence-electron chi connectivity index (χ1n) is 6.02. The van der Waals surface area contributed by atoms with Gasteiger partial charge in [-0.2, -0.15) is 8.78 Å². The van der Waals surface area contributed by atoms with Crippen molar-refractivity contribution in [3.8, 4) is 5.75 Å². The van der Waals surface area contributed by atoms with Crippen LogP contribution in [-0.4, -0.2) is 16.6 Å². The topological polar surface area (TPSA) is 73.1 Å². The molecule has 2 aromatic rings. The van der Waals surface area contributed by atoms with Gasteiger partial charge in [0.1, 0.15) is 23.2 Å². The molecule has 7 heteroatoms. The van der Waals surface area contributed by atoms with Crippen molar-refractivity contribution in [2.24, 2.45) is 0 Å². The highest BCUT2D eigenvalue weighted by Crippen LogP contribution is 2.21. The second kappa shape index (κ2) is 6.14. The molecule has 0 fully saturated rings. The highest BCUT2D eigenvalue weighted by Gasteiger charge is 2.05. The molecule has 0 radical (unpaired) electrons. The maximum Gasteiger partial charge on any atom is 0.387 e. The summed E-state index contributed by atoms with van der Waals surface area (Å²) in [5.41, 5.74) is 6.36. The van der Waals surface area contributed by atoms with Crippen LogP contribution in [-0.2, 0) is 6.42 Å². The summed E-state index contributed by atoms with van der Waals surface area (Å²) in [7, 11) is 0. The molecule has 106 valence electrons. The largest absolute Gasteiger partial charge is 0.435 e.